The fourth-order valence-corrected chi connectivity index (χ4v) is 1.48. The number of methoxy groups -OCH3 is 1. The molecule has 0 unspecified atom stereocenters. The van der Waals surface area contributed by atoms with Crippen LogP contribution in [0.4, 0.5) is 4.39 Å². The van der Waals surface area contributed by atoms with Crippen molar-refractivity contribution in [3.05, 3.63) is 41.7 Å². The Hall–Kier alpha value is -1.35. The summed E-state index contributed by atoms with van der Waals surface area (Å²) in [7, 11) is 1.51. The summed E-state index contributed by atoms with van der Waals surface area (Å²) in [4.78, 5) is 0. The maximum absolute atomic E-state index is 12.9. The summed E-state index contributed by atoms with van der Waals surface area (Å²) in [5.74, 6) is 0.168. The van der Waals surface area contributed by atoms with Crippen LogP contribution < -0.4 is 10.5 Å². The van der Waals surface area contributed by atoms with Gasteiger partial charge < -0.3 is 10.5 Å². The third-order valence-corrected chi connectivity index (χ3v) is 2.16. The van der Waals surface area contributed by atoms with E-state index < -0.39 is 0 Å². The van der Waals surface area contributed by atoms with Gasteiger partial charge in [0.15, 0.2) is 0 Å². The van der Waals surface area contributed by atoms with E-state index in [9.17, 15) is 4.39 Å². The predicted molar refractivity (Wildman–Crippen MR) is 59.3 cm³/mol. The van der Waals surface area contributed by atoms with E-state index in [0.29, 0.717) is 12.2 Å². The normalized spacial score (nSPS) is 12.3. The molecule has 1 atom stereocenters. The van der Waals surface area contributed by atoms with Crippen LogP contribution in [-0.4, -0.2) is 7.11 Å². The van der Waals surface area contributed by atoms with Gasteiger partial charge in [-0.15, -0.1) is 6.58 Å². The molecule has 0 aliphatic carbocycles. The third-order valence-electron chi connectivity index (χ3n) is 2.16. The standard InChI is InChI=1S/C12H16FNO/c1-8(2)6-11(14)10-5-4-9(13)7-12(10)15-3/h4-5,7,11H,1,6,14H2,2-3H3/t11-/m1/s1. The number of hydrogen-bond acceptors (Lipinski definition) is 2. The molecule has 2 nitrogen and oxygen atoms in total. The minimum Gasteiger partial charge on any atom is -0.496 e. The molecule has 0 bridgehead atoms. The van der Waals surface area contributed by atoms with E-state index in [-0.39, 0.29) is 11.9 Å². The Morgan fingerprint density at radius 1 is 1.60 bits per heavy atom. The molecule has 0 fully saturated rings. The lowest BCUT2D eigenvalue weighted by atomic mass is 10.0. The van der Waals surface area contributed by atoms with Crippen LogP contribution in [0.3, 0.4) is 0 Å². The first-order valence-corrected chi connectivity index (χ1v) is 4.78. The van der Waals surface area contributed by atoms with Crippen molar-refractivity contribution in [1.29, 1.82) is 0 Å². The van der Waals surface area contributed by atoms with E-state index in [2.05, 4.69) is 6.58 Å². The van der Waals surface area contributed by atoms with Gasteiger partial charge in [-0.25, -0.2) is 4.39 Å². The van der Waals surface area contributed by atoms with Gasteiger partial charge in [0.1, 0.15) is 11.6 Å². The van der Waals surface area contributed by atoms with Gasteiger partial charge in [0.25, 0.3) is 0 Å². The topological polar surface area (TPSA) is 35.2 Å². The monoisotopic (exact) mass is 209 g/mol. The quantitative estimate of drug-likeness (QED) is 0.774. The third kappa shape index (κ3) is 3.06. The number of ether oxygens (including phenoxy) is 1. The molecule has 0 spiro atoms. The summed E-state index contributed by atoms with van der Waals surface area (Å²) in [5.41, 5.74) is 7.76. The number of hydrogen-bond donors (Lipinski definition) is 1. The Bertz CT molecular complexity index is 363. The summed E-state index contributed by atoms with van der Waals surface area (Å²) in [6.45, 7) is 5.71. The molecule has 3 heteroatoms. The molecule has 0 radical (unpaired) electrons. The van der Waals surface area contributed by atoms with Crippen molar-refractivity contribution in [2.45, 2.75) is 19.4 Å². The van der Waals surface area contributed by atoms with E-state index in [1.807, 2.05) is 6.92 Å². The molecule has 1 rings (SSSR count). The largest absolute Gasteiger partial charge is 0.496 e. The van der Waals surface area contributed by atoms with Crippen molar-refractivity contribution in [3.8, 4) is 5.75 Å². The Labute approximate surface area is 89.6 Å². The van der Waals surface area contributed by atoms with Crippen molar-refractivity contribution in [3.63, 3.8) is 0 Å². The Morgan fingerprint density at radius 3 is 2.80 bits per heavy atom. The first-order valence-electron chi connectivity index (χ1n) is 4.78. The molecule has 0 aliphatic rings. The zero-order chi connectivity index (χ0) is 11.4. The highest BCUT2D eigenvalue weighted by molar-refractivity contribution is 5.36. The van der Waals surface area contributed by atoms with Crippen LogP contribution >= 0.6 is 0 Å². The molecule has 82 valence electrons. The summed E-state index contributed by atoms with van der Waals surface area (Å²) in [5, 5.41) is 0. The highest BCUT2D eigenvalue weighted by Gasteiger charge is 2.12. The fraction of sp³-hybridized carbons (Fsp3) is 0.333. The molecule has 0 aliphatic heterocycles. The molecule has 1 aromatic rings. The summed E-state index contributed by atoms with van der Waals surface area (Å²) in [6.07, 6.45) is 0.669. The van der Waals surface area contributed by atoms with Gasteiger partial charge in [-0.3, -0.25) is 0 Å². The molecule has 0 saturated carbocycles. The number of benzene rings is 1. The minimum atomic E-state index is -0.321. The van der Waals surface area contributed by atoms with Gasteiger partial charge in [0.05, 0.1) is 7.11 Å². The van der Waals surface area contributed by atoms with Gasteiger partial charge in [-0.2, -0.15) is 0 Å². The highest BCUT2D eigenvalue weighted by atomic mass is 19.1. The van der Waals surface area contributed by atoms with Crippen LogP contribution in [0.15, 0.2) is 30.4 Å². The Kier molecular flexibility index (Phi) is 3.86. The van der Waals surface area contributed by atoms with E-state index in [0.717, 1.165) is 11.1 Å². The molecule has 1 aromatic carbocycles. The van der Waals surface area contributed by atoms with Crippen molar-refractivity contribution in [2.75, 3.05) is 7.11 Å². The maximum atomic E-state index is 12.9. The van der Waals surface area contributed by atoms with Crippen LogP contribution in [0, 0.1) is 5.82 Å². The van der Waals surface area contributed by atoms with Crippen LogP contribution in [-0.2, 0) is 0 Å². The Morgan fingerprint density at radius 2 is 2.27 bits per heavy atom. The molecular weight excluding hydrogens is 193 g/mol. The fourth-order valence-electron chi connectivity index (χ4n) is 1.48. The second kappa shape index (κ2) is 4.94. The zero-order valence-corrected chi connectivity index (χ0v) is 9.09. The zero-order valence-electron chi connectivity index (χ0n) is 9.09. The van der Waals surface area contributed by atoms with Gasteiger partial charge in [-0.05, 0) is 19.4 Å². The van der Waals surface area contributed by atoms with Gasteiger partial charge >= 0.3 is 0 Å². The van der Waals surface area contributed by atoms with Gasteiger partial charge in [0.2, 0.25) is 0 Å². The number of nitrogens with two attached hydrogens (primary N) is 1. The van der Waals surface area contributed by atoms with Gasteiger partial charge in [0, 0.05) is 17.7 Å². The SMILES string of the molecule is C=C(C)C[C@@H](N)c1ccc(F)cc1OC. The lowest BCUT2D eigenvalue weighted by molar-refractivity contribution is 0.402. The molecule has 2 N–H and O–H groups in total. The second-order valence-corrected chi connectivity index (χ2v) is 3.65. The number of halogens is 1. The minimum absolute atomic E-state index is 0.196. The molecule has 0 saturated heterocycles. The predicted octanol–water partition coefficient (Wildman–Crippen LogP) is 2.80. The molecule has 15 heavy (non-hydrogen) atoms. The first-order chi connectivity index (χ1) is 7.04. The molecule has 0 aromatic heterocycles. The van der Waals surface area contributed by atoms with E-state index in [4.69, 9.17) is 10.5 Å². The second-order valence-electron chi connectivity index (χ2n) is 3.65. The molecular formula is C12H16FNO. The smallest absolute Gasteiger partial charge is 0.126 e. The Balaban J connectivity index is 2.97. The van der Waals surface area contributed by atoms with Crippen molar-refractivity contribution < 1.29 is 9.13 Å². The highest BCUT2D eigenvalue weighted by Crippen LogP contribution is 2.27. The number of rotatable bonds is 4. The molecule has 0 heterocycles. The van der Waals surface area contributed by atoms with Gasteiger partial charge in [-0.1, -0.05) is 11.6 Å². The summed E-state index contributed by atoms with van der Waals surface area (Å²) in [6, 6.07) is 4.18. The van der Waals surface area contributed by atoms with Crippen molar-refractivity contribution >= 4 is 0 Å². The van der Waals surface area contributed by atoms with E-state index in [1.54, 1.807) is 6.07 Å². The van der Waals surface area contributed by atoms with E-state index >= 15 is 0 Å². The van der Waals surface area contributed by atoms with Crippen LogP contribution in [0.5, 0.6) is 5.75 Å². The molecule has 0 amide bonds. The van der Waals surface area contributed by atoms with Crippen LogP contribution in [0.2, 0.25) is 0 Å². The van der Waals surface area contributed by atoms with Crippen LogP contribution in [0.1, 0.15) is 24.9 Å². The summed E-state index contributed by atoms with van der Waals surface area (Å²) >= 11 is 0. The average molecular weight is 209 g/mol. The van der Waals surface area contributed by atoms with Crippen molar-refractivity contribution in [2.24, 2.45) is 5.73 Å². The van der Waals surface area contributed by atoms with Crippen molar-refractivity contribution in [1.82, 2.24) is 0 Å². The van der Waals surface area contributed by atoms with E-state index in [1.165, 1.54) is 19.2 Å². The van der Waals surface area contributed by atoms with Crippen LogP contribution in [0.25, 0.3) is 0 Å². The first kappa shape index (κ1) is 11.7. The maximum Gasteiger partial charge on any atom is 0.126 e. The lowest BCUT2D eigenvalue weighted by Gasteiger charge is -2.15. The lowest BCUT2D eigenvalue weighted by Crippen LogP contribution is -2.11. The average Bonchev–Trinajstić information content (AvgIpc) is 2.16. The summed E-state index contributed by atoms with van der Waals surface area (Å²) < 4.78 is 18.0.